The van der Waals surface area contributed by atoms with E-state index >= 15 is 0 Å². The van der Waals surface area contributed by atoms with Gasteiger partial charge in [0.15, 0.2) is 0 Å². The Labute approximate surface area is 184 Å². The molecule has 0 saturated carbocycles. The van der Waals surface area contributed by atoms with Gasteiger partial charge in [-0.3, -0.25) is 14.2 Å². The first-order valence-corrected chi connectivity index (χ1v) is 11.3. The first-order valence-electron chi connectivity index (χ1n) is 10.4. The van der Waals surface area contributed by atoms with E-state index in [4.69, 9.17) is 0 Å². The third-order valence-electron chi connectivity index (χ3n) is 6.16. The molecule has 6 heteroatoms. The molecule has 3 heterocycles. The molecule has 2 aromatic carbocycles. The number of thiophene rings is 1. The molecule has 1 aliphatic heterocycles. The molecule has 0 fully saturated rings. The monoisotopic (exact) mass is 429 g/mol. The van der Waals surface area contributed by atoms with Gasteiger partial charge in [0.2, 0.25) is 5.91 Å². The summed E-state index contributed by atoms with van der Waals surface area (Å²) in [5, 5.41) is 2.56. The number of anilines is 1. The largest absolute Gasteiger partial charge is 0.307 e. The zero-order valence-electron chi connectivity index (χ0n) is 17.8. The Morgan fingerprint density at radius 3 is 2.77 bits per heavy atom. The van der Waals surface area contributed by atoms with E-state index in [0.29, 0.717) is 10.2 Å². The van der Waals surface area contributed by atoms with Crippen LogP contribution in [0, 0.1) is 13.8 Å². The molecule has 156 valence electrons. The van der Waals surface area contributed by atoms with Crippen LogP contribution in [0.3, 0.4) is 0 Å². The minimum absolute atomic E-state index is 0.0251. The van der Waals surface area contributed by atoms with Gasteiger partial charge in [0.25, 0.3) is 5.56 Å². The van der Waals surface area contributed by atoms with E-state index in [-0.39, 0.29) is 24.1 Å². The van der Waals surface area contributed by atoms with Gasteiger partial charge >= 0.3 is 0 Å². The molecule has 0 N–H and O–H groups in total. The molecule has 1 atom stereocenters. The number of carbonyl (C=O) groups excluding carboxylic acids is 1. The topological polar surface area (TPSA) is 55.2 Å². The van der Waals surface area contributed by atoms with E-state index in [1.807, 2.05) is 41.5 Å². The Kier molecular flexibility index (Phi) is 4.74. The van der Waals surface area contributed by atoms with E-state index in [9.17, 15) is 9.59 Å². The molecule has 0 aliphatic carbocycles. The van der Waals surface area contributed by atoms with Gasteiger partial charge in [-0.05, 0) is 55.5 Å². The molecule has 1 aliphatic rings. The number of aryl methyl sites for hydroxylation is 2. The number of amides is 1. The second-order valence-corrected chi connectivity index (χ2v) is 9.11. The average Bonchev–Trinajstić information content (AvgIpc) is 3.33. The van der Waals surface area contributed by atoms with Crippen LogP contribution in [0.2, 0.25) is 0 Å². The van der Waals surface area contributed by atoms with Gasteiger partial charge in [0.1, 0.15) is 11.4 Å². The van der Waals surface area contributed by atoms with E-state index in [1.54, 1.807) is 0 Å². The standard InChI is InChI=1S/C25H23N3O2S/c1-15-8-9-18(10-16(15)2)20-13-31-24-23(20)25(30)27(14-26-24)12-22(29)28-17(3)11-19-6-4-5-7-21(19)28/h4-10,13-14,17H,11-12H2,1-3H3. The summed E-state index contributed by atoms with van der Waals surface area (Å²) in [4.78, 5) is 33.6. The molecule has 0 spiro atoms. The number of benzene rings is 2. The number of aromatic nitrogens is 2. The summed E-state index contributed by atoms with van der Waals surface area (Å²) in [5.74, 6) is -0.0938. The number of nitrogens with zero attached hydrogens (tertiary/aromatic N) is 3. The summed E-state index contributed by atoms with van der Waals surface area (Å²) in [7, 11) is 0. The molecule has 1 amide bonds. The minimum Gasteiger partial charge on any atom is -0.307 e. The van der Waals surface area contributed by atoms with Gasteiger partial charge in [0.05, 0.1) is 11.7 Å². The quantitative estimate of drug-likeness (QED) is 0.474. The number of hydrogen-bond acceptors (Lipinski definition) is 4. The van der Waals surface area contributed by atoms with Crippen molar-refractivity contribution in [2.75, 3.05) is 4.90 Å². The Morgan fingerprint density at radius 2 is 1.97 bits per heavy atom. The smallest absolute Gasteiger partial charge is 0.263 e. The molecule has 0 saturated heterocycles. The lowest BCUT2D eigenvalue weighted by molar-refractivity contribution is -0.119. The van der Waals surface area contributed by atoms with Crippen molar-refractivity contribution in [3.8, 4) is 11.1 Å². The number of carbonyl (C=O) groups is 1. The van der Waals surface area contributed by atoms with Gasteiger partial charge in [0, 0.05) is 22.7 Å². The fourth-order valence-corrected chi connectivity index (χ4v) is 5.28. The first kappa shape index (κ1) is 19.7. The van der Waals surface area contributed by atoms with Crippen molar-refractivity contribution in [3.05, 3.63) is 81.2 Å². The fourth-order valence-electron chi connectivity index (χ4n) is 4.37. The van der Waals surface area contributed by atoms with E-state index in [2.05, 4.69) is 37.0 Å². The highest BCUT2D eigenvalue weighted by Gasteiger charge is 2.30. The van der Waals surface area contributed by atoms with Crippen LogP contribution >= 0.6 is 11.3 Å². The average molecular weight is 430 g/mol. The van der Waals surface area contributed by atoms with Crippen LogP contribution in [0.4, 0.5) is 5.69 Å². The summed E-state index contributed by atoms with van der Waals surface area (Å²) in [6, 6.07) is 14.2. The fraction of sp³-hybridized carbons (Fsp3) is 0.240. The highest BCUT2D eigenvalue weighted by Crippen LogP contribution is 2.33. The van der Waals surface area contributed by atoms with Crippen LogP contribution in [0.25, 0.3) is 21.3 Å². The highest BCUT2D eigenvalue weighted by molar-refractivity contribution is 7.17. The SMILES string of the molecule is Cc1ccc(-c2csc3ncn(CC(=O)N4c5ccccc5CC4C)c(=O)c23)cc1C. The molecule has 2 aromatic heterocycles. The second kappa shape index (κ2) is 7.46. The van der Waals surface area contributed by atoms with E-state index in [1.165, 1.54) is 38.9 Å². The Hall–Kier alpha value is -3.25. The molecule has 1 unspecified atom stereocenters. The minimum atomic E-state index is -0.173. The van der Waals surface area contributed by atoms with Gasteiger partial charge < -0.3 is 4.90 Å². The van der Waals surface area contributed by atoms with Gasteiger partial charge in [-0.1, -0.05) is 36.4 Å². The van der Waals surface area contributed by atoms with Crippen molar-refractivity contribution in [3.63, 3.8) is 0 Å². The number of fused-ring (bicyclic) bond motifs is 2. The normalized spacial score (nSPS) is 15.5. The lowest BCUT2D eigenvalue weighted by atomic mass is 10.0. The molecule has 0 bridgehead atoms. The Bertz CT molecular complexity index is 1390. The van der Waals surface area contributed by atoms with Crippen LogP contribution in [0.1, 0.15) is 23.6 Å². The van der Waals surface area contributed by atoms with Crippen LogP contribution in [-0.4, -0.2) is 21.5 Å². The second-order valence-electron chi connectivity index (χ2n) is 8.25. The van der Waals surface area contributed by atoms with Crippen molar-refractivity contribution in [2.24, 2.45) is 0 Å². The first-order chi connectivity index (χ1) is 14.9. The molecular weight excluding hydrogens is 406 g/mol. The van der Waals surface area contributed by atoms with Gasteiger partial charge in [-0.2, -0.15) is 0 Å². The van der Waals surface area contributed by atoms with Crippen molar-refractivity contribution < 1.29 is 4.79 Å². The number of para-hydroxylation sites is 1. The lowest BCUT2D eigenvalue weighted by Gasteiger charge is -2.23. The molecule has 0 radical (unpaired) electrons. The maximum atomic E-state index is 13.4. The summed E-state index contributed by atoms with van der Waals surface area (Å²) in [5.41, 5.74) is 6.20. The van der Waals surface area contributed by atoms with Crippen molar-refractivity contribution >= 4 is 33.1 Å². The Morgan fingerprint density at radius 1 is 1.16 bits per heavy atom. The highest BCUT2D eigenvalue weighted by atomic mass is 32.1. The molecule has 5 rings (SSSR count). The predicted molar refractivity (Wildman–Crippen MR) is 126 cm³/mol. The van der Waals surface area contributed by atoms with Crippen LogP contribution in [0.5, 0.6) is 0 Å². The number of hydrogen-bond donors (Lipinski definition) is 0. The summed E-state index contributed by atoms with van der Waals surface area (Å²) < 4.78 is 1.44. The van der Waals surface area contributed by atoms with Crippen molar-refractivity contribution in [2.45, 2.75) is 39.8 Å². The van der Waals surface area contributed by atoms with Crippen LogP contribution in [-0.2, 0) is 17.8 Å². The van der Waals surface area contributed by atoms with Gasteiger partial charge in [-0.15, -0.1) is 11.3 Å². The zero-order valence-corrected chi connectivity index (χ0v) is 18.6. The maximum absolute atomic E-state index is 13.4. The van der Waals surface area contributed by atoms with Crippen LogP contribution < -0.4 is 10.5 Å². The van der Waals surface area contributed by atoms with Crippen molar-refractivity contribution in [1.29, 1.82) is 0 Å². The van der Waals surface area contributed by atoms with Gasteiger partial charge in [-0.25, -0.2) is 4.98 Å². The summed E-state index contributed by atoms with van der Waals surface area (Å²) in [6.45, 7) is 6.15. The molecule has 5 nitrogen and oxygen atoms in total. The van der Waals surface area contributed by atoms with E-state index < -0.39 is 0 Å². The molecule has 31 heavy (non-hydrogen) atoms. The number of rotatable bonds is 3. The molecular formula is C25H23N3O2S. The van der Waals surface area contributed by atoms with E-state index in [0.717, 1.165) is 23.2 Å². The van der Waals surface area contributed by atoms with Crippen LogP contribution in [0.15, 0.2) is 59.0 Å². The van der Waals surface area contributed by atoms with Crippen molar-refractivity contribution in [1.82, 2.24) is 9.55 Å². The molecule has 4 aromatic rings. The zero-order chi connectivity index (χ0) is 21.7. The maximum Gasteiger partial charge on any atom is 0.263 e. The Balaban J connectivity index is 1.53. The summed E-state index contributed by atoms with van der Waals surface area (Å²) in [6.07, 6.45) is 2.32. The third-order valence-corrected chi connectivity index (χ3v) is 7.05. The third kappa shape index (κ3) is 3.27. The predicted octanol–water partition coefficient (Wildman–Crippen LogP) is 4.72. The lowest BCUT2D eigenvalue weighted by Crippen LogP contribution is -2.40. The summed E-state index contributed by atoms with van der Waals surface area (Å²) >= 11 is 1.46.